The van der Waals surface area contributed by atoms with Gasteiger partial charge < -0.3 is 28.1 Å². The molecule has 0 aromatic rings. The van der Waals surface area contributed by atoms with Crippen molar-refractivity contribution in [2.24, 2.45) is 0 Å². The molecule has 0 saturated heterocycles. The second-order valence-corrected chi connectivity index (χ2v) is 1.50. The second kappa shape index (κ2) is 29.3. The van der Waals surface area contributed by atoms with Gasteiger partial charge in [0.05, 0.1) is 0 Å². The summed E-state index contributed by atoms with van der Waals surface area (Å²) < 4.78 is 25.4. The van der Waals surface area contributed by atoms with Gasteiger partial charge in [-0.2, -0.15) is 0 Å². The van der Waals surface area contributed by atoms with Crippen LogP contribution < -0.4 is 78.3 Å². The van der Waals surface area contributed by atoms with Gasteiger partial charge in [0.15, 0.2) is 0 Å². The Kier molecular flexibility index (Phi) is 71.2. The van der Waals surface area contributed by atoms with Crippen molar-refractivity contribution < 1.29 is 115 Å². The van der Waals surface area contributed by atoms with Gasteiger partial charge in [0.25, 0.3) is 0 Å². The van der Waals surface area contributed by atoms with E-state index in [4.69, 9.17) is 30.9 Å². The first-order valence-electron chi connectivity index (χ1n) is 1.43. The van der Waals surface area contributed by atoms with Gasteiger partial charge in [-0.25, -0.2) is 0 Å². The van der Waals surface area contributed by atoms with Crippen molar-refractivity contribution in [3.63, 3.8) is 0 Å². The maximum atomic E-state index is 8.52. The topological polar surface area (TPSA) is 143 Å². The summed E-state index contributed by atoms with van der Waals surface area (Å²) >= 11 is 0.300. The fourth-order valence-electron chi connectivity index (χ4n) is 0. The molecule has 0 saturated carbocycles. The molecule has 0 aliphatic heterocycles. The number of hydrogen-bond donors (Lipinski definition) is 0. The molecule has 56 valence electrons. The van der Waals surface area contributed by atoms with Crippen LogP contribution in [0.15, 0.2) is 0 Å². The third-order valence-corrected chi connectivity index (χ3v) is 0. The van der Waals surface area contributed by atoms with Crippen molar-refractivity contribution in [1.82, 2.24) is 0 Å². The van der Waals surface area contributed by atoms with E-state index in [2.05, 4.69) is 0 Å². The molecule has 0 atom stereocenters. The first-order chi connectivity index (χ1) is 4.46. The van der Waals surface area contributed by atoms with Crippen LogP contribution in [0, 0.1) is 0 Å². The van der Waals surface area contributed by atoms with Gasteiger partial charge in [0, 0.05) is 18.3 Å². The Balaban J connectivity index is -0.0000000198. The van der Waals surface area contributed by atoms with E-state index in [0.29, 0.717) is 24.7 Å². The average Bonchev–Trinajstić information content (AvgIpc) is 1.66. The Labute approximate surface area is 131 Å². The molecule has 12 heavy (non-hydrogen) atoms. The van der Waals surface area contributed by atoms with Crippen molar-refractivity contribution in [2.45, 2.75) is 0 Å². The van der Waals surface area contributed by atoms with Gasteiger partial charge in [-0.15, -0.1) is 0 Å². The molecule has 0 rings (SSSR count). The van der Waals surface area contributed by atoms with Crippen molar-refractivity contribution in [2.75, 3.05) is 0 Å². The fourth-order valence-corrected chi connectivity index (χ4v) is 0. The van der Waals surface area contributed by atoms with Crippen LogP contribution >= 0.6 is 0 Å². The van der Waals surface area contributed by atoms with Gasteiger partial charge in [-0.05, 0) is 0 Å². The maximum absolute atomic E-state index is 8.52. The first kappa shape index (κ1) is 29.2. The summed E-state index contributed by atoms with van der Waals surface area (Å²) in [5, 5.41) is 0. The van der Waals surface area contributed by atoms with Crippen molar-refractivity contribution in [1.29, 1.82) is 0 Å². The molecule has 0 aliphatic rings. The zero-order valence-corrected chi connectivity index (χ0v) is 14.8. The first-order valence-corrected chi connectivity index (χ1v) is 4.88. The Bertz CT molecular complexity index is 87.6. The third kappa shape index (κ3) is 387. The van der Waals surface area contributed by atoms with E-state index < -0.39 is 18.3 Å². The van der Waals surface area contributed by atoms with E-state index >= 15 is 0 Å². The second-order valence-electron chi connectivity index (χ2n) is 0.500. The van der Waals surface area contributed by atoms with Crippen LogP contribution in [0.1, 0.15) is 0 Å². The van der Waals surface area contributed by atoms with Crippen molar-refractivity contribution in [3.8, 4) is 0 Å². The van der Waals surface area contributed by atoms with Crippen molar-refractivity contribution in [3.05, 3.63) is 0 Å². The molecular formula is Na2O7Si2Zr. The average molecular weight is 305 g/mol. The van der Waals surface area contributed by atoms with Gasteiger partial charge >= 0.3 is 86.7 Å². The van der Waals surface area contributed by atoms with Gasteiger partial charge in [0.1, 0.15) is 0 Å². The molecule has 0 aliphatic carbocycles. The van der Waals surface area contributed by atoms with Crippen molar-refractivity contribution >= 4 is 18.3 Å². The van der Waals surface area contributed by atoms with E-state index in [0.717, 1.165) is 0 Å². The zero-order chi connectivity index (χ0) is 9.15. The van der Waals surface area contributed by atoms with E-state index in [-0.39, 0.29) is 59.1 Å². The Hall–Kier alpha value is 1.92. The summed E-state index contributed by atoms with van der Waals surface area (Å²) in [5.74, 6) is 0. The molecule has 0 spiro atoms. The summed E-state index contributed by atoms with van der Waals surface area (Å²) in [5.41, 5.74) is 0. The Morgan fingerprint density at radius 1 is 0.750 bits per heavy atom. The minimum absolute atomic E-state index is 0. The van der Waals surface area contributed by atoms with Gasteiger partial charge in [-0.1, -0.05) is 0 Å². The molecule has 0 bridgehead atoms. The fraction of sp³-hybridized carbons (Fsp3) is 0. The normalized spacial score (nSPS) is 4.50. The Morgan fingerprint density at radius 2 is 0.750 bits per heavy atom. The van der Waals surface area contributed by atoms with Crippen LogP contribution in [0.4, 0.5) is 0 Å². The van der Waals surface area contributed by atoms with E-state index in [1.807, 2.05) is 0 Å². The SMILES string of the molecule is O=[Si]([O-])[O-].O=[Si]([O-])[O-].[Na+].[Na+].[O]=[Zr+2]. The molecular weight excluding hydrogens is 305 g/mol. The molecule has 0 fully saturated rings. The molecule has 0 heterocycles. The number of hydrogen-bond acceptors (Lipinski definition) is 7. The van der Waals surface area contributed by atoms with Crippen LogP contribution in [0.25, 0.3) is 0 Å². The van der Waals surface area contributed by atoms with Crippen LogP contribution in [0.3, 0.4) is 0 Å². The standard InChI is InChI=1S/2Na.2O3Si.O.Zr/c;;2*1-4(2)3;;/q2*+1;2*-2;;+2. The monoisotopic (exact) mass is 304 g/mol. The van der Waals surface area contributed by atoms with E-state index in [9.17, 15) is 0 Å². The van der Waals surface area contributed by atoms with E-state index in [1.165, 1.54) is 0 Å². The molecule has 7 nitrogen and oxygen atoms in total. The Morgan fingerprint density at radius 3 is 0.750 bits per heavy atom. The summed E-state index contributed by atoms with van der Waals surface area (Å²) in [7, 11) is -7.26. The quantitative estimate of drug-likeness (QED) is 0.404. The molecule has 0 radical (unpaired) electrons. The molecule has 0 amide bonds. The van der Waals surface area contributed by atoms with Crippen LogP contribution in [-0.4, -0.2) is 18.3 Å². The number of rotatable bonds is 0. The third-order valence-electron chi connectivity index (χ3n) is 0. The molecule has 0 N–H and O–H groups in total. The van der Waals surface area contributed by atoms with Crippen LogP contribution in [0.2, 0.25) is 0 Å². The van der Waals surface area contributed by atoms with Gasteiger partial charge in [0.2, 0.25) is 0 Å². The zero-order valence-electron chi connectivity index (χ0n) is 6.36. The molecule has 0 aromatic carbocycles. The molecule has 12 heteroatoms. The van der Waals surface area contributed by atoms with Crippen LogP contribution in [0.5, 0.6) is 0 Å². The van der Waals surface area contributed by atoms with Gasteiger partial charge in [-0.3, -0.25) is 0 Å². The molecule has 0 aromatic heterocycles. The predicted octanol–water partition coefficient (Wildman–Crippen LogP) is -11.9. The summed E-state index contributed by atoms with van der Waals surface area (Å²) in [6.45, 7) is 0. The van der Waals surface area contributed by atoms with Crippen LogP contribution in [-0.2, 0) is 36.5 Å². The molecule has 0 unspecified atom stereocenters. The summed E-state index contributed by atoms with van der Waals surface area (Å²) in [6, 6.07) is 0. The minimum atomic E-state index is -3.63. The van der Waals surface area contributed by atoms with E-state index in [1.54, 1.807) is 0 Å². The predicted molar refractivity (Wildman–Crippen MR) is 13.6 cm³/mol. The summed E-state index contributed by atoms with van der Waals surface area (Å²) in [6.07, 6.45) is 0. The summed E-state index contributed by atoms with van der Waals surface area (Å²) in [4.78, 5) is 34.1.